The number of carbonyl (C=O) groups excluding carboxylic acids is 1. The predicted octanol–water partition coefficient (Wildman–Crippen LogP) is 5.40. The van der Waals surface area contributed by atoms with Gasteiger partial charge in [0.05, 0.1) is 23.9 Å². The van der Waals surface area contributed by atoms with Crippen LogP contribution in [0.1, 0.15) is 50.7 Å². The summed E-state index contributed by atoms with van der Waals surface area (Å²) in [4.78, 5) is 13.8. The van der Waals surface area contributed by atoms with Crippen molar-refractivity contribution in [2.45, 2.75) is 54.7 Å². The number of sulfonamides is 2. The topological polar surface area (TPSA) is 151 Å². The van der Waals surface area contributed by atoms with Gasteiger partial charge in [-0.15, -0.1) is 4.40 Å². The van der Waals surface area contributed by atoms with Gasteiger partial charge in [-0.3, -0.25) is 9.52 Å². The summed E-state index contributed by atoms with van der Waals surface area (Å²) in [6, 6.07) is 17.1. The van der Waals surface area contributed by atoms with Gasteiger partial charge in [0.25, 0.3) is 20.0 Å². The standard InChI is InChI=1S/C30H31N3O7S2/c1-4-16-30(17-5-2)21-11-7-6-10-20(21)27(34)26(28(30)35)29-31-22-15-14-19(18-25(22)42(38,39)33-29)32-41(36,37)24-13-9-8-12-23(24)40-3/h6-15,18,32,34H,4-5,16-17H2,1-3H3,(H,31,33). The van der Waals surface area contributed by atoms with Crippen molar-refractivity contribution in [3.8, 4) is 5.75 Å². The number of anilines is 2. The maximum atomic E-state index is 14.2. The number of hydrogen-bond acceptors (Lipinski definition) is 8. The minimum Gasteiger partial charge on any atom is -0.506 e. The third-order valence-corrected chi connectivity index (χ3v) is 10.3. The van der Waals surface area contributed by atoms with Gasteiger partial charge in [-0.1, -0.05) is 63.1 Å². The van der Waals surface area contributed by atoms with E-state index < -0.39 is 31.2 Å². The first kappa shape index (κ1) is 29.3. The van der Waals surface area contributed by atoms with E-state index in [1.165, 1.54) is 31.4 Å². The van der Waals surface area contributed by atoms with Crippen molar-refractivity contribution in [1.82, 2.24) is 0 Å². The summed E-state index contributed by atoms with van der Waals surface area (Å²) in [5.41, 5.74) is 0.110. The Morgan fingerprint density at radius 3 is 2.36 bits per heavy atom. The van der Waals surface area contributed by atoms with Gasteiger partial charge in [0.2, 0.25) is 0 Å². The molecule has 3 aromatic rings. The predicted molar refractivity (Wildman–Crippen MR) is 161 cm³/mol. The lowest BCUT2D eigenvalue weighted by atomic mass is 9.63. The number of aliphatic hydroxyl groups is 1. The fourth-order valence-electron chi connectivity index (χ4n) is 5.79. The quantitative estimate of drug-likeness (QED) is 0.292. The lowest BCUT2D eigenvalue weighted by Gasteiger charge is -2.39. The van der Waals surface area contributed by atoms with Gasteiger partial charge in [0.1, 0.15) is 26.9 Å². The molecule has 0 amide bonds. The van der Waals surface area contributed by atoms with Crippen LogP contribution in [-0.2, 0) is 30.3 Å². The van der Waals surface area contributed by atoms with Gasteiger partial charge in [-0.25, -0.2) is 8.42 Å². The molecule has 3 N–H and O–H groups in total. The van der Waals surface area contributed by atoms with Gasteiger partial charge in [0, 0.05) is 5.56 Å². The zero-order chi connectivity index (χ0) is 30.3. The first-order chi connectivity index (χ1) is 20.0. The van der Waals surface area contributed by atoms with Gasteiger partial charge < -0.3 is 15.2 Å². The van der Waals surface area contributed by atoms with Crippen molar-refractivity contribution >= 4 is 48.8 Å². The molecule has 10 nitrogen and oxygen atoms in total. The van der Waals surface area contributed by atoms with Gasteiger partial charge in [-0.2, -0.15) is 8.42 Å². The molecule has 1 aliphatic carbocycles. The summed E-state index contributed by atoms with van der Waals surface area (Å²) in [6.07, 6.45) is 2.42. The molecular weight excluding hydrogens is 578 g/mol. The Morgan fingerprint density at radius 2 is 1.67 bits per heavy atom. The zero-order valence-corrected chi connectivity index (χ0v) is 25.0. The molecule has 42 heavy (non-hydrogen) atoms. The number of carbonyl (C=O) groups is 1. The average molecular weight is 610 g/mol. The van der Waals surface area contributed by atoms with Crippen molar-refractivity contribution in [2.75, 3.05) is 17.1 Å². The van der Waals surface area contributed by atoms with Gasteiger partial charge in [-0.05, 0) is 48.7 Å². The number of nitrogens with zero attached hydrogens (tertiary/aromatic N) is 1. The molecule has 220 valence electrons. The van der Waals surface area contributed by atoms with Gasteiger partial charge >= 0.3 is 0 Å². The summed E-state index contributed by atoms with van der Waals surface area (Å²) in [5, 5.41) is 14.2. The number of rotatable bonds is 9. The Bertz CT molecular complexity index is 1860. The third kappa shape index (κ3) is 4.84. The second-order valence-corrected chi connectivity index (χ2v) is 13.4. The number of Topliss-reactive ketones (excluding diaryl/α,β-unsaturated/α-hetero) is 1. The largest absolute Gasteiger partial charge is 0.506 e. The number of methoxy groups -OCH3 is 1. The number of nitrogens with one attached hydrogen (secondary N) is 2. The molecule has 3 aromatic carbocycles. The highest BCUT2D eigenvalue weighted by atomic mass is 32.2. The summed E-state index contributed by atoms with van der Waals surface area (Å²) in [6.45, 7) is 3.95. The van der Waals surface area contributed by atoms with Crippen molar-refractivity contribution in [2.24, 2.45) is 4.40 Å². The Balaban J connectivity index is 1.57. The number of fused-ring (bicyclic) bond motifs is 2. The van der Waals surface area contributed by atoms with Crippen LogP contribution in [0.4, 0.5) is 11.4 Å². The number of amidine groups is 1. The van der Waals surface area contributed by atoms with Crippen molar-refractivity contribution in [3.63, 3.8) is 0 Å². The van der Waals surface area contributed by atoms with E-state index in [1.54, 1.807) is 24.3 Å². The number of ether oxygens (including phenoxy) is 1. The van der Waals surface area contributed by atoms with E-state index in [0.29, 0.717) is 36.8 Å². The van der Waals surface area contributed by atoms with Crippen molar-refractivity contribution in [3.05, 3.63) is 83.4 Å². The highest BCUT2D eigenvalue weighted by Gasteiger charge is 2.48. The van der Waals surface area contributed by atoms with E-state index in [2.05, 4.69) is 14.4 Å². The van der Waals surface area contributed by atoms with Crippen LogP contribution in [0, 0.1) is 0 Å². The molecule has 0 saturated heterocycles. The van der Waals surface area contributed by atoms with Crippen molar-refractivity contribution in [1.29, 1.82) is 0 Å². The Labute approximate surface area is 245 Å². The van der Waals surface area contributed by atoms with Crippen LogP contribution in [0.2, 0.25) is 0 Å². The third-order valence-electron chi connectivity index (χ3n) is 7.52. The molecule has 1 aliphatic heterocycles. The fourth-order valence-corrected chi connectivity index (χ4v) is 8.16. The zero-order valence-electron chi connectivity index (χ0n) is 23.3. The molecule has 0 bridgehead atoms. The second-order valence-electron chi connectivity index (χ2n) is 10.2. The second kappa shape index (κ2) is 10.9. The number of ketones is 1. The SMILES string of the molecule is CCCC1(CCC)C(=O)C(C2=NS(=O)(=O)c3cc(NS(=O)(=O)c4ccccc4OC)ccc3N2)=C(O)c2ccccc21. The Hall–Kier alpha value is -4.16. The minimum atomic E-state index is -4.41. The molecular formula is C30H31N3O7S2. The molecule has 0 spiro atoms. The maximum absolute atomic E-state index is 14.2. The number of para-hydroxylation sites is 1. The number of benzene rings is 3. The van der Waals surface area contributed by atoms with Crippen LogP contribution in [0.15, 0.2) is 86.5 Å². The first-order valence-corrected chi connectivity index (χ1v) is 16.4. The van der Waals surface area contributed by atoms with Gasteiger partial charge in [0.15, 0.2) is 11.6 Å². The van der Waals surface area contributed by atoms with Crippen LogP contribution in [0.25, 0.3) is 5.76 Å². The number of hydrogen-bond donors (Lipinski definition) is 3. The monoisotopic (exact) mass is 609 g/mol. The van der Waals surface area contributed by atoms with E-state index in [-0.39, 0.29) is 44.1 Å². The molecule has 0 fully saturated rings. The van der Waals surface area contributed by atoms with Crippen LogP contribution in [0.5, 0.6) is 5.75 Å². The lowest BCUT2D eigenvalue weighted by molar-refractivity contribution is -0.121. The normalized spacial score (nSPS) is 17.0. The molecule has 0 aromatic heterocycles. The lowest BCUT2D eigenvalue weighted by Crippen LogP contribution is -2.44. The maximum Gasteiger partial charge on any atom is 0.286 e. The van der Waals surface area contributed by atoms with Crippen molar-refractivity contribution < 1.29 is 31.5 Å². The molecule has 0 radical (unpaired) electrons. The number of aliphatic hydroxyl groups excluding tert-OH is 1. The summed E-state index contributed by atoms with van der Waals surface area (Å²) < 4.78 is 64.4. The van der Waals surface area contributed by atoms with Crippen LogP contribution >= 0.6 is 0 Å². The smallest absolute Gasteiger partial charge is 0.286 e. The van der Waals surface area contributed by atoms with Crippen LogP contribution in [-0.4, -0.2) is 40.7 Å². The average Bonchev–Trinajstić information content (AvgIpc) is 2.96. The van der Waals surface area contributed by atoms with E-state index in [9.17, 15) is 26.7 Å². The molecule has 0 saturated carbocycles. The van der Waals surface area contributed by atoms with E-state index in [1.807, 2.05) is 26.0 Å². The fraction of sp³-hybridized carbons (Fsp3) is 0.267. The highest BCUT2D eigenvalue weighted by molar-refractivity contribution is 7.93. The molecule has 0 unspecified atom stereocenters. The van der Waals surface area contributed by atoms with E-state index in [0.717, 1.165) is 6.07 Å². The molecule has 0 atom stereocenters. The Morgan fingerprint density at radius 1 is 1.00 bits per heavy atom. The van der Waals surface area contributed by atoms with Crippen LogP contribution < -0.4 is 14.8 Å². The highest BCUT2D eigenvalue weighted by Crippen LogP contribution is 2.46. The summed E-state index contributed by atoms with van der Waals surface area (Å²) in [5.74, 6) is -0.892. The minimum absolute atomic E-state index is 0.0154. The van der Waals surface area contributed by atoms with E-state index in [4.69, 9.17) is 4.74 Å². The summed E-state index contributed by atoms with van der Waals surface area (Å²) in [7, 11) is -7.19. The Kier molecular flexibility index (Phi) is 7.62. The molecule has 12 heteroatoms. The molecule has 2 aliphatic rings. The summed E-state index contributed by atoms with van der Waals surface area (Å²) >= 11 is 0. The molecule has 1 heterocycles. The van der Waals surface area contributed by atoms with Crippen LogP contribution in [0.3, 0.4) is 0 Å². The molecule has 5 rings (SSSR count). The van der Waals surface area contributed by atoms with E-state index >= 15 is 0 Å². The first-order valence-electron chi connectivity index (χ1n) is 13.5.